The average molecular weight is 1250 g/mol. The number of carbonyl (C=O) groups is 5. The molecule has 0 saturated carbocycles. The summed E-state index contributed by atoms with van der Waals surface area (Å²) in [6.07, 6.45) is -6.43. The second-order valence-electron chi connectivity index (χ2n) is 24.7. The van der Waals surface area contributed by atoms with E-state index in [1.54, 1.807) is 78.2 Å². The Hall–Kier alpha value is -8.53. The summed E-state index contributed by atoms with van der Waals surface area (Å²) < 4.78 is 58.1. The molecule has 2 aliphatic heterocycles. The van der Waals surface area contributed by atoms with Gasteiger partial charge < -0.3 is 35.0 Å². The third-order valence-electron chi connectivity index (χ3n) is 16.0. The Morgan fingerprint density at radius 2 is 1.53 bits per heavy atom. The Bertz CT molecular complexity index is 3920. The number of hydrogen-bond acceptors (Lipinski definition) is 14. The van der Waals surface area contributed by atoms with E-state index in [0.29, 0.717) is 58.5 Å². The van der Waals surface area contributed by atoms with Gasteiger partial charge >= 0.3 is 12.1 Å². The van der Waals surface area contributed by atoms with Crippen LogP contribution in [0.5, 0.6) is 11.5 Å². The molecule has 89 heavy (non-hydrogen) atoms. The van der Waals surface area contributed by atoms with Gasteiger partial charge in [-0.1, -0.05) is 105 Å². The fourth-order valence-electron chi connectivity index (χ4n) is 11.4. The summed E-state index contributed by atoms with van der Waals surface area (Å²) in [5.74, 6) is -3.84. The number of ether oxygens (including phenoxy) is 2. The van der Waals surface area contributed by atoms with Gasteiger partial charge in [-0.15, -0.1) is 11.3 Å². The second kappa shape index (κ2) is 25.9. The molecule has 5 aromatic carbocycles. The Morgan fingerprint density at radius 1 is 0.809 bits per heavy atom. The van der Waals surface area contributed by atoms with Gasteiger partial charge in [0.05, 0.1) is 44.4 Å². The van der Waals surface area contributed by atoms with Gasteiger partial charge in [0.1, 0.15) is 35.0 Å². The largest absolute Gasteiger partial charge is 0.457 e. The number of aliphatic hydroxyl groups excluding tert-OH is 1. The molecular formula is C68H71F3N8O8S2. The van der Waals surface area contributed by atoms with Gasteiger partial charge in [0, 0.05) is 43.6 Å². The van der Waals surface area contributed by atoms with Crippen molar-refractivity contribution in [2.45, 2.75) is 136 Å². The molecule has 3 aromatic heterocycles. The van der Waals surface area contributed by atoms with Gasteiger partial charge in [-0.25, -0.2) is 19.7 Å². The lowest BCUT2D eigenvalue weighted by atomic mass is 9.85. The number of alkyl halides is 3. The zero-order chi connectivity index (χ0) is 63.7. The van der Waals surface area contributed by atoms with Crippen molar-refractivity contribution in [3.8, 4) is 33.1 Å². The molecule has 464 valence electrons. The highest BCUT2D eigenvalue weighted by molar-refractivity contribution is 7.22. The molecule has 4 N–H and O–H groups in total. The number of aliphatic hydroxyl groups is 1. The van der Waals surface area contributed by atoms with E-state index in [1.165, 1.54) is 51.8 Å². The third kappa shape index (κ3) is 14.6. The van der Waals surface area contributed by atoms with Crippen LogP contribution in [-0.4, -0.2) is 97.6 Å². The molecule has 4 amide bonds. The number of likely N-dealkylation sites (tertiary alicyclic amines) is 1. The standard InChI is InChI=1S/C68H71F3N8O8S2/c1-38-47(48-28-30-56(75-58(48)64(85)87-67(7,8)9)78-33-32-42-14-12-16-49(50(42)36-78)61(82)77-65-74-52-17-10-11-19-55(52)89-65)15-13-18-54(38)86-46-26-24-43(25-27-46)51(68(69,70)71)29-31-57(81)76-60(66(4,5)6)63(84)79-35-45(80)34-53(79)62(83)73-39(2)41-20-22-44(23-21-41)59-40(3)72-37-88-59/h10-28,30,37,39,45,51,53,60,80H,29,31-36H2,1-9H3,(H,73,83)(H,76,81)(H,74,77,82)/t39-,45+,51+,53-,60+/m0/s1. The first-order chi connectivity index (χ1) is 42.2. The fourth-order valence-corrected chi connectivity index (χ4v) is 13.0. The summed E-state index contributed by atoms with van der Waals surface area (Å²) in [5.41, 5.74) is 7.44. The zero-order valence-electron chi connectivity index (χ0n) is 51.0. The molecular weight excluding hydrogens is 1180 g/mol. The monoisotopic (exact) mass is 1250 g/mol. The number of thiazole rings is 2. The minimum absolute atomic E-state index is 0.0400. The highest BCUT2D eigenvalue weighted by Crippen LogP contribution is 2.41. The average Bonchev–Trinajstić information content (AvgIpc) is 1.66. The Morgan fingerprint density at radius 3 is 2.21 bits per heavy atom. The number of amides is 4. The summed E-state index contributed by atoms with van der Waals surface area (Å²) in [6, 6.07) is 32.6. The van der Waals surface area contributed by atoms with Crippen molar-refractivity contribution in [3.63, 3.8) is 0 Å². The van der Waals surface area contributed by atoms with E-state index in [9.17, 15) is 42.3 Å². The minimum atomic E-state index is -4.76. The molecule has 1 saturated heterocycles. The van der Waals surface area contributed by atoms with Crippen LogP contribution in [0.15, 0.2) is 127 Å². The van der Waals surface area contributed by atoms with Crippen molar-refractivity contribution >= 4 is 73.4 Å². The first-order valence-corrected chi connectivity index (χ1v) is 31.2. The second-order valence-corrected chi connectivity index (χ2v) is 26.6. The third-order valence-corrected chi connectivity index (χ3v) is 18.0. The molecule has 0 aliphatic carbocycles. The van der Waals surface area contributed by atoms with Crippen LogP contribution in [0.3, 0.4) is 0 Å². The van der Waals surface area contributed by atoms with Crippen molar-refractivity contribution in [1.82, 2.24) is 30.5 Å². The number of esters is 1. The highest BCUT2D eigenvalue weighted by Gasteiger charge is 2.46. The van der Waals surface area contributed by atoms with E-state index in [-0.39, 0.29) is 35.9 Å². The number of benzene rings is 5. The number of hydrogen-bond donors (Lipinski definition) is 4. The van der Waals surface area contributed by atoms with Crippen LogP contribution in [0, 0.1) is 19.3 Å². The summed E-state index contributed by atoms with van der Waals surface area (Å²) in [5, 5.41) is 19.9. The minimum Gasteiger partial charge on any atom is -0.457 e. The predicted octanol–water partition coefficient (Wildman–Crippen LogP) is 13.5. The molecule has 0 spiro atoms. The van der Waals surface area contributed by atoms with E-state index in [2.05, 4.69) is 25.9 Å². The lowest BCUT2D eigenvalue weighted by Crippen LogP contribution is -2.57. The summed E-state index contributed by atoms with van der Waals surface area (Å²) in [7, 11) is 0. The maximum atomic E-state index is 15.0. The number of para-hydroxylation sites is 1. The van der Waals surface area contributed by atoms with E-state index < -0.39 is 83.9 Å². The summed E-state index contributed by atoms with van der Waals surface area (Å²) in [6.45, 7) is 16.7. The molecule has 0 radical (unpaired) electrons. The van der Waals surface area contributed by atoms with Crippen LogP contribution in [0.25, 0.3) is 31.8 Å². The maximum Gasteiger partial charge on any atom is 0.395 e. The number of anilines is 2. The number of rotatable bonds is 17. The smallest absolute Gasteiger partial charge is 0.395 e. The molecule has 2 aliphatic rings. The lowest BCUT2D eigenvalue weighted by Gasteiger charge is -2.35. The number of carbonyl (C=O) groups excluding carboxylic acids is 5. The van der Waals surface area contributed by atoms with Crippen LogP contribution >= 0.6 is 22.7 Å². The molecule has 8 aromatic rings. The van der Waals surface area contributed by atoms with E-state index in [0.717, 1.165) is 43.0 Å². The number of aromatic nitrogens is 3. The predicted molar refractivity (Wildman–Crippen MR) is 339 cm³/mol. The molecule has 5 heterocycles. The van der Waals surface area contributed by atoms with Crippen LogP contribution in [-0.2, 0) is 32.1 Å². The van der Waals surface area contributed by atoms with Crippen LogP contribution in [0.2, 0.25) is 0 Å². The van der Waals surface area contributed by atoms with Crippen LogP contribution in [0.4, 0.5) is 24.1 Å². The van der Waals surface area contributed by atoms with Gasteiger partial charge in [-0.3, -0.25) is 24.5 Å². The van der Waals surface area contributed by atoms with Crippen LogP contribution < -0.4 is 25.6 Å². The summed E-state index contributed by atoms with van der Waals surface area (Å²) in [4.78, 5) is 88.1. The van der Waals surface area contributed by atoms with Gasteiger partial charge in [0.2, 0.25) is 17.7 Å². The van der Waals surface area contributed by atoms with E-state index in [1.807, 2.05) is 91.5 Å². The Balaban J connectivity index is 0.803. The van der Waals surface area contributed by atoms with Crippen molar-refractivity contribution in [3.05, 3.63) is 172 Å². The summed E-state index contributed by atoms with van der Waals surface area (Å²) >= 11 is 2.92. The molecule has 10 rings (SSSR count). The molecule has 0 bridgehead atoms. The zero-order valence-corrected chi connectivity index (χ0v) is 52.6. The van der Waals surface area contributed by atoms with E-state index >= 15 is 0 Å². The molecule has 21 heteroatoms. The first kappa shape index (κ1) is 63.5. The van der Waals surface area contributed by atoms with Crippen molar-refractivity contribution in [1.29, 1.82) is 0 Å². The van der Waals surface area contributed by atoms with Gasteiger partial charge in [0.15, 0.2) is 10.8 Å². The number of nitrogens with zero attached hydrogens (tertiary/aromatic N) is 5. The lowest BCUT2D eigenvalue weighted by molar-refractivity contribution is -0.153. The Labute approximate surface area is 522 Å². The van der Waals surface area contributed by atoms with Crippen LogP contribution in [0.1, 0.15) is 134 Å². The normalized spacial score (nSPS) is 16.3. The van der Waals surface area contributed by atoms with Crippen molar-refractivity contribution in [2.75, 3.05) is 23.3 Å². The number of nitrogens with one attached hydrogen (secondary N) is 3. The fraction of sp³-hybridized carbons (Fsp3) is 0.353. The first-order valence-electron chi connectivity index (χ1n) is 29.5. The molecule has 5 atom stereocenters. The van der Waals surface area contributed by atoms with Gasteiger partial charge in [-0.2, -0.15) is 13.2 Å². The molecule has 1 fully saturated rings. The SMILES string of the molecule is Cc1ncsc1-c1ccc([C@H](C)NC(=O)[C@@H]2C[C@@H](O)CN2C(=O)[C@@H](NC(=O)CC[C@H](c2ccc(Oc3cccc(-c4ccc(N5CCc6cccc(C(=O)Nc7nc8ccccc8s7)c6C5)nc4C(=O)OC(C)(C)C)c3C)cc2)C(F)(F)F)C(C)(C)C)cc1. The number of β-amino-alcohol motifs (C(OH)–C–C–N with tert-alkyl or cyclic N) is 1. The Kier molecular flexibility index (Phi) is 18.5. The van der Waals surface area contributed by atoms with Gasteiger partial charge in [-0.05, 0) is 147 Å². The maximum absolute atomic E-state index is 15.0. The molecule has 0 unspecified atom stereocenters. The quantitative estimate of drug-likeness (QED) is 0.0629. The number of halogens is 3. The molecule has 16 nitrogen and oxygen atoms in total. The van der Waals surface area contributed by atoms with E-state index in [4.69, 9.17) is 14.5 Å². The number of fused-ring (bicyclic) bond motifs is 2. The topological polar surface area (TPSA) is 205 Å². The van der Waals surface area contributed by atoms with Crippen molar-refractivity contribution in [2.24, 2.45) is 5.41 Å². The number of aryl methyl sites for hydroxylation is 1. The number of pyridine rings is 1. The van der Waals surface area contributed by atoms with Gasteiger partial charge in [0.25, 0.3) is 5.91 Å². The highest BCUT2D eigenvalue weighted by atomic mass is 32.1. The van der Waals surface area contributed by atoms with Crippen molar-refractivity contribution < 1.29 is 51.7 Å².